The van der Waals surface area contributed by atoms with Crippen molar-refractivity contribution in [1.82, 2.24) is 10.6 Å². The smallest absolute Gasteiger partial charge is 0.306 e. The third kappa shape index (κ3) is 5.90. The number of aliphatic carboxylic acids is 1. The van der Waals surface area contributed by atoms with Crippen molar-refractivity contribution in [3.05, 3.63) is 0 Å². The molecule has 20 heavy (non-hydrogen) atoms. The van der Waals surface area contributed by atoms with E-state index < -0.39 is 5.97 Å². The van der Waals surface area contributed by atoms with Gasteiger partial charge in [0.05, 0.1) is 12.0 Å². The van der Waals surface area contributed by atoms with E-state index in [4.69, 9.17) is 5.11 Å². The lowest BCUT2D eigenvalue weighted by Gasteiger charge is -2.29. The molecule has 1 aliphatic rings. The van der Waals surface area contributed by atoms with Gasteiger partial charge in [0.1, 0.15) is 0 Å². The normalized spacial score (nSPS) is 24.4. The Hall–Kier alpha value is -1.10. The molecule has 1 fully saturated rings. The molecule has 0 aromatic heterocycles. The second-order valence-corrected chi connectivity index (χ2v) is 6.26. The summed E-state index contributed by atoms with van der Waals surface area (Å²) in [4.78, 5) is 22.9. The molecule has 0 spiro atoms. The molecule has 0 aliphatic heterocycles. The third-order valence-corrected chi connectivity index (χ3v) is 3.92. The second kappa shape index (κ2) is 8.25. The predicted molar refractivity (Wildman–Crippen MR) is 78.4 cm³/mol. The van der Waals surface area contributed by atoms with E-state index in [9.17, 15) is 9.59 Å². The van der Waals surface area contributed by atoms with E-state index >= 15 is 0 Å². The van der Waals surface area contributed by atoms with Gasteiger partial charge in [0.15, 0.2) is 0 Å². The maximum Gasteiger partial charge on any atom is 0.306 e. The third-order valence-electron chi connectivity index (χ3n) is 3.92. The van der Waals surface area contributed by atoms with Crippen molar-refractivity contribution >= 4 is 11.9 Å². The first kappa shape index (κ1) is 17.0. The van der Waals surface area contributed by atoms with Gasteiger partial charge in [-0.05, 0) is 38.5 Å². The number of rotatable bonds is 7. The average Bonchev–Trinajstić information content (AvgIpc) is 2.38. The molecule has 5 nitrogen and oxygen atoms in total. The molecular weight excluding hydrogens is 256 g/mol. The van der Waals surface area contributed by atoms with E-state index in [2.05, 4.69) is 24.5 Å². The second-order valence-electron chi connectivity index (χ2n) is 6.26. The number of hydrogen-bond acceptors (Lipinski definition) is 3. The Morgan fingerprint density at radius 1 is 1.25 bits per heavy atom. The molecule has 1 saturated carbocycles. The van der Waals surface area contributed by atoms with Crippen molar-refractivity contribution < 1.29 is 14.7 Å². The van der Waals surface area contributed by atoms with E-state index in [-0.39, 0.29) is 23.9 Å². The molecule has 116 valence electrons. The van der Waals surface area contributed by atoms with Crippen molar-refractivity contribution in [2.24, 2.45) is 11.8 Å². The Labute approximate surface area is 121 Å². The molecule has 0 saturated heterocycles. The Balaban J connectivity index is 2.31. The standard InChI is InChI=1S/C15H28N2O3/c1-10(2)7-8-16-14(18)11(3)17-13-6-4-5-12(9-13)15(19)20/h10-13,17H,4-9H2,1-3H3,(H,16,18)(H,19,20). The van der Waals surface area contributed by atoms with Crippen LogP contribution in [0.15, 0.2) is 0 Å². The first-order valence-corrected chi connectivity index (χ1v) is 7.66. The van der Waals surface area contributed by atoms with Gasteiger partial charge < -0.3 is 15.7 Å². The first-order chi connectivity index (χ1) is 9.40. The van der Waals surface area contributed by atoms with Gasteiger partial charge in [0, 0.05) is 12.6 Å². The van der Waals surface area contributed by atoms with Gasteiger partial charge in [-0.1, -0.05) is 20.3 Å². The summed E-state index contributed by atoms with van der Waals surface area (Å²) in [5.41, 5.74) is 0. The summed E-state index contributed by atoms with van der Waals surface area (Å²) in [7, 11) is 0. The number of amides is 1. The van der Waals surface area contributed by atoms with Gasteiger partial charge in [-0.3, -0.25) is 9.59 Å². The van der Waals surface area contributed by atoms with Crippen LogP contribution in [0.2, 0.25) is 0 Å². The molecule has 5 heteroatoms. The van der Waals surface area contributed by atoms with Crippen molar-refractivity contribution in [2.45, 2.75) is 65.0 Å². The summed E-state index contributed by atoms with van der Waals surface area (Å²) in [5.74, 6) is -0.403. The van der Waals surface area contributed by atoms with Crippen LogP contribution in [-0.4, -0.2) is 35.6 Å². The average molecular weight is 284 g/mol. The van der Waals surface area contributed by atoms with Gasteiger partial charge in [0.25, 0.3) is 0 Å². The zero-order valence-electron chi connectivity index (χ0n) is 12.8. The lowest BCUT2D eigenvalue weighted by molar-refractivity contribution is -0.143. The fraction of sp³-hybridized carbons (Fsp3) is 0.867. The maximum absolute atomic E-state index is 11.9. The van der Waals surface area contributed by atoms with Crippen molar-refractivity contribution in [2.75, 3.05) is 6.54 Å². The maximum atomic E-state index is 11.9. The topological polar surface area (TPSA) is 78.4 Å². The quantitative estimate of drug-likeness (QED) is 0.666. The fourth-order valence-corrected chi connectivity index (χ4v) is 2.63. The van der Waals surface area contributed by atoms with Crippen LogP contribution < -0.4 is 10.6 Å². The van der Waals surface area contributed by atoms with Crippen molar-refractivity contribution in [1.29, 1.82) is 0 Å². The highest BCUT2D eigenvalue weighted by atomic mass is 16.4. The highest BCUT2D eigenvalue weighted by Crippen LogP contribution is 2.24. The molecule has 1 aliphatic carbocycles. The SMILES string of the molecule is CC(C)CCNC(=O)C(C)NC1CCCC(C(=O)O)C1. The van der Waals surface area contributed by atoms with Crippen LogP contribution >= 0.6 is 0 Å². The lowest BCUT2D eigenvalue weighted by Crippen LogP contribution is -2.48. The summed E-state index contributed by atoms with van der Waals surface area (Å²) in [6.07, 6.45) is 4.22. The number of carbonyl (C=O) groups excluding carboxylic acids is 1. The minimum absolute atomic E-state index is 0.00287. The number of carbonyl (C=O) groups is 2. The summed E-state index contributed by atoms with van der Waals surface area (Å²) in [6.45, 7) is 6.80. The van der Waals surface area contributed by atoms with Gasteiger partial charge in [-0.15, -0.1) is 0 Å². The molecule has 0 radical (unpaired) electrons. The molecule has 3 unspecified atom stereocenters. The molecule has 1 amide bonds. The monoisotopic (exact) mass is 284 g/mol. The zero-order valence-corrected chi connectivity index (χ0v) is 12.8. The van der Waals surface area contributed by atoms with Crippen molar-refractivity contribution in [3.8, 4) is 0 Å². The Morgan fingerprint density at radius 2 is 1.95 bits per heavy atom. The molecule has 3 N–H and O–H groups in total. The highest BCUT2D eigenvalue weighted by molar-refractivity contribution is 5.81. The lowest BCUT2D eigenvalue weighted by atomic mass is 9.85. The highest BCUT2D eigenvalue weighted by Gasteiger charge is 2.28. The molecule has 3 atom stereocenters. The van der Waals surface area contributed by atoms with Gasteiger partial charge in [-0.25, -0.2) is 0 Å². The fourth-order valence-electron chi connectivity index (χ4n) is 2.63. The van der Waals surface area contributed by atoms with Crippen LogP contribution in [-0.2, 0) is 9.59 Å². The molecule has 0 heterocycles. The van der Waals surface area contributed by atoms with Crippen LogP contribution in [0.4, 0.5) is 0 Å². The molecule has 0 aromatic carbocycles. The number of nitrogens with one attached hydrogen (secondary N) is 2. The van der Waals surface area contributed by atoms with E-state index in [1.54, 1.807) is 0 Å². The molecular formula is C15H28N2O3. The number of carboxylic acids is 1. The first-order valence-electron chi connectivity index (χ1n) is 7.66. The molecule has 1 rings (SSSR count). The Bertz CT molecular complexity index is 331. The van der Waals surface area contributed by atoms with Crippen LogP contribution in [0.1, 0.15) is 52.9 Å². The predicted octanol–water partition coefficient (Wildman–Crippen LogP) is 1.77. The summed E-state index contributed by atoms with van der Waals surface area (Å²) < 4.78 is 0. The zero-order chi connectivity index (χ0) is 15.1. The Kier molecular flexibility index (Phi) is 6.99. The molecule has 0 aromatic rings. The summed E-state index contributed by atoms with van der Waals surface area (Å²) in [5, 5.41) is 15.2. The van der Waals surface area contributed by atoms with Crippen molar-refractivity contribution in [3.63, 3.8) is 0 Å². The largest absolute Gasteiger partial charge is 0.481 e. The molecule has 0 bridgehead atoms. The van der Waals surface area contributed by atoms with Gasteiger partial charge in [-0.2, -0.15) is 0 Å². The minimum atomic E-state index is -0.717. The van der Waals surface area contributed by atoms with E-state index in [0.717, 1.165) is 25.7 Å². The van der Waals surface area contributed by atoms with Gasteiger partial charge >= 0.3 is 5.97 Å². The van der Waals surface area contributed by atoms with Gasteiger partial charge in [0.2, 0.25) is 5.91 Å². The van der Waals surface area contributed by atoms with E-state index in [0.29, 0.717) is 18.9 Å². The summed E-state index contributed by atoms with van der Waals surface area (Å²) >= 11 is 0. The Morgan fingerprint density at radius 3 is 2.55 bits per heavy atom. The minimum Gasteiger partial charge on any atom is -0.481 e. The van der Waals surface area contributed by atoms with Crippen LogP contribution in [0.5, 0.6) is 0 Å². The summed E-state index contributed by atoms with van der Waals surface area (Å²) in [6, 6.07) is -0.129. The van der Waals surface area contributed by atoms with Crippen LogP contribution in [0.25, 0.3) is 0 Å². The van der Waals surface area contributed by atoms with Crippen LogP contribution in [0.3, 0.4) is 0 Å². The number of hydrogen-bond donors (Lipinski definition) is 3. The van der Waals surface area contributed by atoms with E-state index in [1.807, 2.05) is 6.92 Å². The number of carboxylic acid groups (broad SMARTS) is 1. The van der Waals surface area contributed by atoms with Crippen LogP contribution in [0, 0.1) is 11.8 Å². The van der Waals surface area contributed by atoms with E-state index in [1.165, 1.54) is 0 Å².